The van der Waals surface area contributed by atoms with E-state index in [1.165, 1.54) is 18.2 Å². The molecule has 0 saturated carbocycles. The van der Waals surface area contributed by atoms with Gasteiger partial charge < -0.3 is 14.8 Å². The van der Waals surface area contributed by atoms with E-state index in [1.54, 1.807) is 17.3 Å². The van der Waals surface area contributed by atoms with Crippen LogP contribution in [0.25, 0.3) is 0 Å². The van der Waals surface area contributed by atoms with Gasteiger partial charge in [0, 0.05) is 39.1 Å². The van der Waals surface area contributed by atoms with Crippen molar-refractivity contribution in [3.8, 4) is 0 Å². The van der Waals surface area contributed by atoms with Crippen LogP contribution in [0.1, 0.15) is 23.0 Å². The molecule has 1 aromatic carbocycles. The molecule has 1 N–H and O–H groups in total. The lowest BCUT2D eigenvalue weighted by atomic mass is 10.0. The minimum Gasteiger partial charge on any atom is -0.336 e. The van der Waals surface area contributed by atoms with E-state index in [2.05, 4.69) is 10.3 Å². The summed E-state index contributed by atoms with van der Waals surface area (Å²) in [7, 11) is 1.83. The predicted octanol–water partition coefficient (Wildman–Crippen LogP) is 2.15. The van der Waals surface area contributed by atoms with E-state index in [-0.39, 0.29) is 23.9 Å². The Hall–Kier alpha value is -2.35. The fourth-order valence-corrected chi connectivity index (χ4v) is 3.15. The van der Waals surface area contributed by atoms with Crippen molar-refractivity contribution in [1.29, 1.82) is 0 Å². The number of amides is 1. The van der Waals surface area contributed by atoms with Gasteiger partial charge in [0.05, 0.1) is 12.0 Å². The smallest absolute Gasteiger partial charge is 0.336 e. The number of hydrogen-bond donors (Lipinski definition) is 1. The van der Waals surface area contributed by atoms with E-state index in [1.807, 2.05) is 11.6 Å². The maximum absolute atomic E-state index is 13.1. The maximum atomic E-state index is 13.1. The molecule has 1 aliphatic heterocycles. The molecule has 1 amide bonds. The van der Waals surface area contributed by atoms with E-state index in [4.69, 9.17) is 0 Å². The van der Waals surface area contributed by atoms with Gasteiger partial charge in [0.25, 0.3) is 0 Å². The number of carbonyl (C=O) groups is 1. The molecule has 25 heavy (non-hydrogen) atoms. The van der Waals surface area contributed by atoms with Crippen LogP contribution in [-0.4, -0.2) is 40.0 Å². The first kappa shape index (κ1) is 17.5. The number of nitrogens with zero attached hydrogens (tertiary/aromatic N) is 3. The summed E-state index contributed by atoms with van der Waals surface area (Å²) in [6.45, 7) is 1.57. The third-order valence-electron chi connectivity index (χ3n) is 4.38. The summed E-state index contributed by atoms with van der Waals surface area (Å²) in [5.41, 5.74) is -0.760. The molecular formula is C17H19F3N4O. The Morgan fingerprint density at radius 3 is 2.80 bits per heavy atom. The van der Waals surface area contributed by atoms with Gasteiger partial charge >= 0.3 is 6.18 Å². The second kappa shape index (κ2) is 6.87. The van der Waals surface area contributed by atoms with Crippen LogP contribution in [-0.2, 0) is 24.4 Å². The highest BCUT2D eigenvalue weighted by molar-refractivity contribution is 5.79. The zero-order chi connectivity index (χ0) is 18.0. The lowest BCUT2D eigenvalue weighted by Gasteiger charge is -2.36. The van der Waals surface area contributed by atoms with Crippen molar-refractivity contribution in [3.05, 3.63) is 53.6 Å². The fraction of sp³-hybridized carbons (Fsp3) is 0.412. The van der Waals surface area contributed by atoms with Crippen molar-refractivity contribution in [2.75, 3.05) is 19.6 Å². The van der Waals surface area contributed by atoms with Crippen LogP contribution >= 0.6 is 0 Å². The van der Waals surface area contributed by atoms with Gasteiger partial charge in [-0.25, -0.2) is 4.98 Å². The summed E-state index contributed by atoms with van der Waals surface area (Å²) in [6.07, 6.45) is -1.33. The summed E-state index contributed by atoms with van der Waals surface area (Å²) in [6, 6.07) is 4.93. The monoisotopic (exact) mass is 352 g/mol. The number of halogens is 3. The third-order valence-corrected chi connectivity index (χ3v) is 4.38. The molecule has 1 aliphatic rings. The van der Waals surface area contributed by atoms with Gasteiger partial charge in [0.1, 0.15) is 11.9 Å². The SMILES string of the molecule is Cn1ccnc1C1CNCCN1C(=O)Cc1ccccc1C(F)(F)F. The average Bonchev–Trinajstić information content (AvgIpc) is 3.00. The summed E-state index contributed by atoms with van der Waals surface area (Å²) in [4.78, 5) is 18.7. The molecule has 2 aromatic rings. The molecule has 1 saturated heterocycles. The largest absolute Gasteiger partial charge is 0.416 e. The average molecular weight is 352 g/mol. The van der Waals surface area contributed by atoms with Crippen LogP contribution in [0.3, 0.4) is 0 Å². The number of imidazole rings is 1. The van der Waals surface area contributed by atoms with Gasteiger partial charge in [-0.2, -0.15) is 13.2 Å². The summed E-state index contributed by atoms with van der Waals surface area (Å²) >= 11 is 0. The molecule has 1 aromatic heterocycles. The standard InChI is InChI=1S/C17H19F3N4O/c1-23-8-7-22-16(23)14-11-21-6-9-24(14)15(25)10-12-4-2-3-5-13(12)17(18,19)20/h2-5,7-8,14,21H,6,9-11H2,1H3. The van der Waals surface area contributed by atoms with E-state index in [0.29, 0.717) is 25.5 Å². The number of nitrogens with one attached hydrogen (secondary N) is 1. The predicted molar refractivity (Wildman–Crippen MR) is 85.7 cm³/mol. The van der Waals surface area contributed by atoms with Crippen LogP contribution in [0, 0.1) is 0 Å². The van der Waals surface area contributed by atoms with Crippen molar-refractivity contribution in [3.63, 3.8) is 0 Å². The molecule has 8 heteroatoms. The normalized spacial score (nSPS) is 18.4. The highest BCUT2D eigenvalue weighted by atomic mass is 19.4. The molecule has 134 valence electrons. The molecule has 1 atom stereocenters. The first-order chi connectivity index (χ1) is 11.9. The van der Waals surface area contributed by atoms with E-state index in [9.17, 15) is 18.0 Å². The van der Waals surface area contributed by atoms with Crippen molar-refractivity contribution < 1.29 is 18.0 Å². The molecule has 2 heterocycles. The Bertz CT molecular complexity index is 756. The van der Waals surface area contributed by atoms with Gasteiger partial charge in [0.2, 0.25) is 5.91 Å². The van der Waals surface area contributed by atoms with Crippen molar-refractivity contribution in [1.82, 2.24) is 19.8 Å². The molecule has 0 bridgehead atoms. The van der Waals surface area contributed by atoms with E-state index >= 15 is 0 Å². The molecule has 5 nitrogen and oxygen atoms in total. The van der Waals surface area contributed by atoms with Gasteiger partial charge in [0.15, 0.2) is 0 Å². The third kappa shape index (κ3) is 3.68. The zero-order valence-electron chi connectivity index (χ0n) is 13.8. The number of hydrogen-bond acceptors (Lipinski definition) is 3. The Morgan fingerprint density at radius 1 is 1.36 bits per heavy atom. The van der Waals surface area contributed by atoms with Crippen molar-refractivity contribution >= 4 is 5.91 Å². The topological polar surface area (TPSA) is 50.2 Å². The Labute approximate surface area is 143 Å². The number of piperazine rings is 1. The molecule has 0 radical (unpaired) electrons. The van der Waals surface area contributed by atoms with Crippen LogP contribution < -0.4 is 5.32 Å². The van der Waals surface area contributed by atoms with E-state index in [0.717, 1.165) is 6.07 Å². The molecule has 3 rings (SSSR count). The highest BCUT2D eigenvalue weighted by Gasteiger charge is 2.35. The number of carbonyl (C=O) groups excluding carboxylic acids is 1. The Morgan fingerprint density at radius 2 is 2.12 bits per heavy atom. The first-order valence-electron chi connectivity index (χ1n) is 8.00. The number of aryl methyl sites for hydroxylation is 1. The fourth-order valence-electron chi connectivity index (χ4n) is 3.15. The number of rotatable bonds is 3. The second-order valence-electron chi connectivity index (χ2n) is 6.04. The zero-order valence-corrected chi connectivity index (χ0v) is 13.8. The second-order valence-corrected chi connectivity index (χ2v) is 6.04. The number of alkyl halides is 3. The quantitative estimate of drug-likeness (QED) is 0.921. The van der Waals surface area contributed by atoms with Crippen molar-refractivity contribution in [2.24, 2.45) is 7.05 Å². The molecule has 0 aliphatic carbocycles. The Kier molecular flexibility index (Phi) is 4.80. The lowest BCUT2D eigenvalue weighted by Crippen LogP contribution is -2.50. The van der Waals surface area contributed by atoms with Crippen LogP contribution in [0.2, 0.25) is 0 Å². The van der Waals surface area contributed by atoms with Gasteiger partial charge in [-0.3, -0.25) is 4.79 Å². The Balaban J connectivity index is 1.84. The van der Waals surface area contributed by atoms with Crippen LogP contribution in [0.4, 0.5) is 13.2 Å². The minimum atomic E-state index is -4.47. The summed E-state index contributed by atoms with van der Waals surface area (Å²) in [5, 5.41) is 3.21. The minimum absolute atomic E-state index is 0.00266. The molecule has 0 spiro atoms. The van der Waals surface area contributed by atoms with Crippen LogP contribution in [0.5, 0.6) is 0 Å². The van der Waals surface area contributed by atoms with Gasteiger partial charge in [-0.15, -0.1) is 0 Å². The summed E-state index contributed by atoms with van der Waals surface area (Å²) in [5.74, 6) is 0.385. The molecular weight excluding hydrogens is 333 g/mol. The highest BCUT2D eigenvalue weighted by Crippen LogP contribution is 2.32. The van der Waals surface area contributed by atoms with Gasteiger partial charge in [-0.05, 0) is 11.6 Å². The number of aromatic nitrogens is 2. The molecule has 1 unspecified atom stereocenters. The first-order valence-corrected chi connectivity index (χ1v) is 8.00. The number of benzene rings is 1. The summed E-state index contributed by atoms with van der Waals surface area (Å²) < 4.78 is 41.3. The molecule has 1 fully saturated rings. The lowest BCUT2D eigenvalue weighted by molar-refractivity contribution is -0.139. The van der Waals surface area contributed by atoms with Gasteiger partial charge in [-0.1, -0.05) is 18.2 Å². The van der Waals surface area contributed by atoms with E-state index < -0.39 is 11.7 Å². The van der Waals surface area contributed by atoms with Crippen LogP contribution in [0.15, 0.2) is 36.7 Å². The van der Waals surface area contributed by atoms with Crippen molar-refractivity contribution in [2.45, 2.75) is 18.6 Å². The maximum Gasteiger partial charge on any atom is 0.416 e.